The van der Waals surface area contributed by atoms with E-state index in [1.807, 2.05) is 6.20 Å². The van der Waals surface area contributed by atoms with Gasteiger partial charge >= 0.3 is 0 Å². The zero-order chi connectivity index (χ0) is 25.6. The number of hydrogen-bond donors (Lipinski definition) is 0. The van der Waals surface area contributed by atoms with Gasteiger partial charge < -0.3 is 9.47 Å². The van der Waals surface area contributed by atoms with Crippen molar-refractivity contribution in [2.24, 2.45) is 7.05 Å². The molecule has 1 saturated carbocycles. The Morgan fingerprint density at radius 3 is 2.56 bits per heavy atom. The second kappa shape index (κ2) is 9.66. The number of aryl methyl sites for hydroxylation is 1. The summed E-state index contributed by atoms with van der Waals surface area (Å²) in [5.74, 6) is -0.144. The first-order valence-corrected chi connectivity index (χ1v) is 13.0. The molecule has 190 valence electrons. The maximum Gasteiger partial charge on any atom is 0.289 e. The molecule has 2 fully saturated rings. The molecule has 1 unspecified atom stereocenters. The Morgan fingerprint density at radius 2 is 1.94 bits per heavy atom. The van der Waals surface area contributed by atoms with Gasteiger partial charge in [-0.3, -0.25) is 19.4 Å². The highest BCUT2D eigenvalue weighted by Crippen LogP contribution is 2.40. The van der Waals surface area contributed by atoms with Crippen molar-refractivity contribution < 1.29 is 4.39 Å². The van der Waals surface area contributed by atoms with E-state index in [1.165, 1.54) is 33.3 Å². The molecule has 9 heteroatoms. The highest BCUT2D eigenvalue weighted by molar-refractivity contribution is 5.88. The zero-order valence-corrected chi connectivity index (χ0v) is 21.5. The number of rotatable bonds is 7. The lowest BCUT2D eigenvalue weighted by Crippen LogP contribution is -2.59. The van der Waals surface area contributed by atoms with Crippen molar-refractivity contribution in [3.8, 4) is 6.07 Å². The number of nitrogens with zero attached hydrogens (tertiary/aromatic N) is 7. The van der Waals surface area contributed by atoms with Crippen LogP contribution in [0, 0.1) is 17.1 Å². The highest BCUT2D eigenvalue weighted by atomic mass is 19.1. The Labute approximate surface area is 210 Å². The van der Waals surface area contributed by atoms with Crippen LogP contribution in [0.4, 0.5) is 10.1 Å². The molecule has 0 bridgehead atoms. The van der Waals surface area contributed by atoms with Gasteiger partial charge in [-0.2, -0.15) is 14.8 Å². The lowest BCUT2D eigenvalue weighted by atomic mass is 9.97. The maximum absolute atomic E-state index is 15.6. The van der Waals surface area contributed by atoms with Gasteiger partial charge in [0.25, 0.3) is 5.56 Å². The summed E-state index contributed by atoms with van der Waals surface area (Å²) in [6.45, 7) is 7.86. The molecule has 1 saturated heterocycles. The second-order valence-electron chi connectivity index (χ2n) is 10.2. The third-order valence-corrected chi connectivity index (χ3v) is 8.01. The van der Waals surface area contributed by atoms with Crippen LogP contribution in [0.15, 0.2) is 29.3 Å². The van der Waals surface area contributed by atoms with Crippen LogP contribution >= 0.6 is 0 Å². The quantitative estimate of drug-likeness (QED) is 0.495. The van der Waals surface area contributed by atoms with E-state index < -0.39 is 11.4 Å². The third kappa shape index (κ3) is 4.17. The topological polar surface area (TPSA) is 83.0 Å². The van der Waals surface area contributed by atoms with Crippen molar-refractivity contribution in [1.82, 2.24) is 24.2 Å². The van der Waals surface area contributed by atoms with Crippen LogP contribution in [-0.4, -0.2) is 49.4 Å². The first kappa shape index (κ1) is 24.4. The normalized spacial score (nSPS) is 21.6. The van der Waals surface area contributed by atoms with Gasteiger partial charge in [0.05, 0.1) is 17.8 Å². The van der Waals surface area contributed by atoms with Crippen LogP contribution in [0.3, 0.4) is 0 Å². The highest BCUT2D eigenvalue weighted by Gasteiger charge is 2.38. The van der Waals surface area contributed by atoms with Gasteiger partial charge in [0.1, 0.15) is 17.7 Å². The fourth-order valence-electron chi connectivity index (χ4n) is 5.61. The molecule has 5 rings (SSSR count). The average molecular weight is 492 g/mol. The van der Waals surface area contributed by atoms with Crippen LogP contribution in [0.1, 0.15) is 69.7 Å². The molecule has 3 aromatic rings. The molecule has 0 aromatic carbocycles. The van der Waals surface area contributed by atoms with E-state index in [0.29, 0.717) is 23.5 Å². The van der Waals surface area contributed by atoms with Crippen LogP contribution in [0.5, 0.6) is 0 Å². The number of nitriles is 1. The lowest BCUT2D eigenvalue weighted by molar-refractivity contribution is 0.101. The summed E-state index contributed by atoms with van der Waals surface area (Å²) in [5, 5.41) is 13.7. The summed E-state index contributed by atoms with van der Waals surface area (Å²) in [6.07, 6.45) is 7.83. The average Bonchev–Trinajstić information content (AvgIpc) is 3.67. The molecule has 3 atom stereocenters. The van der Waals surface area contributed by atoms with Crippen molar-refractivity contribution in [2.45, 2.75) is 77.0 Å². The number of hydrogen-bond acceptors (Lipinski definition) is 6. The Morgan fingerprint density at radius 1 is 1.19 bits per heavy atom. The van der Waals surface area contributed by atoms with Crippen molar-refractivity contribution in [1.29, 1.82) is 5.26 Å². The largest absolute Gasteiger partial charge is 0.361 e. The Hall–Kier alpha value is -3.25. The number of fused-ring (bicyclic) bond motifs is 1. The van der Waals surface area contributed by atoms with E-state index in [2.05, 4.69) is 53.9 Å². The first-order valence-electron chi connectivity index (χ1n) is 13.0. The predicted molar refractivity (Wildman–Crippen MR) is 137 cm³/mol. The minimum Gasteiger partial charge on any atom is -0.361 e. The van der Waals surface area contributed by atoms with Gasteiger partial charge in [-0.25, -0.2) is 0 Å². The van der Waals surface area contributed by atoms with Gasteiger partial charge in [-0.1, -0.05) is 19.9 Å². The summed E-state index contributed by atoms with van der Waals surface area (Å²) in [5.41, 5.74) is 2.94. The van der Waals surface area contributed by atoms with Gasteiger partial charge in [0.15, 0.2) is 0 Å². The number of pyridine rings is 2. The summed E-state index contributed by atoms with van der Waals surface area (Å²) in [7, 11) is 1.55. The molecule has 0 radical (unpaired) electrons. The fourth-order valence-corrected chi connectivity index (χ4v) is 5.61. The van der Waals surface area contributed by atoms with Crippen molar-refractivity contribution >= 4 is 16.7 Å². The van der Waals surface area contributed by atoms with Crippen molar-refractivity contribution in [3.05, 3.63) is 52.0 Å². The number of halogens is 1. The van der Waals surface area contributed by atoms with Gasteiger partial charge in [0.2, 0.25) is 5.82 Å². The lowest BCUT2D eigenvalue weighted by Gasteiger charge is -2.49. The van der Waals surface area contributed by atoms with Gasteiger partial charge in [0, 0.05) is 56.1 Å². The molecular formula is C27H34FN7O. The predicted octanol–water partition coefficient (Wildman–Crippen LogP) is 4.11. The molecule has 2 aliphatic rings. The summed E-state index contributed by atoms with van der Waals surface area (Å²) >= 11 is 0. The first-order chi connectivity index (χ1) is 17.4. The minimum atomic E-state index is -0.776. The second-order valence-corrected chi connectivity index (χ2v) is 10.2. The van der Waals surface area contributed by atoms with Crippen LogP contribution < -0.4 is 10.5 Å². The summed E-state index contributed by atoms with van der Waals surface area (Å²) in [6, 6.07) is 6.81. The van der Waals surface area contributed by atoms with E-state index in [4.69, 9.17) is 10.2 Å². The number of piperazine rings is 1. The van der Waals surface area contributed by atoms with E-state index >= 15 is 4.39 Å². The van der Waals surface area contributed by atoms with E-state index in [0.717, 1.165) is 19.4 Å². The molecule has 1 aliphatic carbocycles. The Bertz CT molecular complexity index is 1350. The standard InChI is InChI=1S/C27H34FN7O/c1-5-20-15-35(26-24(28)27(36)32(4)23-16-33(12-11-29)31-25(23)26)21(6-2)14-34(20)17(3)19-9-10-22(30-13-19)18-7-8-18/h9-10,13,16-18,20-21H,5-8,12,14-15H2,1-4H3/t17?,20-,21+/m1/s1. The molecule has 0 N–H and O–H groups in total. The van der Waals surface area contributed by atoms with Gasteiger partial charge in [-0.05, 0) is 44.2 Å². The zero-order valence-electron chi connectivity index (χ0n) is 21.5. The molecule has 0 spiro atoms. The van der Waals surface area contributed by atoms with Crippen LogP contribution in [-0.2, 0) is 13.6 Å². The molecule has 8 nitrogen and oxygen atoms in total. The maximum atomic E-state index is 15.6. The molecule has 3 aromatic heterocycles. The summed E-state index contributed by atoms with van der Waals surface area (Å²) < 4.78 is 18.4. The van der Waals surface area contributed by atoms with Crippen molar-refractivity contribution in [3.63, 3.8) is 0 Å². The summed E-state index contributed by atoms with van der Waals surface area (Å²) in [4.78, 5) is 22.1. The van der Waals surface area contributed by atoms with Crippen LogP contribution in [0.2, 0.25) is 0 Å². The molecule has 36 heavy (non-hydrogen) atoms. The number of anilines is 1. The monoisotopic (exact) mass is 491 g/mol. The van der Waals surface area contributed by atoms with Crippen LogP contribution in [0.25, 0.3) is 11.0 Å². The minimum absolute atomic E-state index is 0.0138. The molecule has 0 amide bonds. The number of aromatic nitrogens is 4. The smallest absolute Gasteiger partial charge is 0.289 e. The Balaban J connectivity index is 1.50. The Kier molecular flexibility index (Phi) is 6.56. The van der Waals surface area contributed by atoms with Crippen molar-refractivity contribution in [2.75, 3.05) is 18.0 Å². The molecule has 4 heterocycles. The van der Waals surface area contributed by atoms with E-state index in [1.54, 1.807) is 13.2 Å². The van der Waals surface area contributed by atoms with E-state index in [-0.39, 0.29) is 30.4 Å². The van der Waals surface area contributed by atoms with E-state index in [9.17, 15) is 4.79 Å². The molecular weight excluding hydrogens is 457 g/mol. The SMILES string of the molecule is CC[C@H]1CN(C(C)c2ccc(C3CC3)nc2)[C@H](CC)CN1c1c(F)c(=O)n(C)c2cn(CC#N)nc12. The molecule has 1 aliphatic heterocycles. The third-order valence-electron chi connectivity index (χ3n) is 8.01. The fraction of sp³-hybridized carbons (Fsp3) is 0.556. The van der Waals surface area contributed by atoms with Gasteiger partial charge in [-0.15, -0.1) is 0 Å².